The zero-order valence-electron chi connectivity index (χ0n) is 17.2. The van der Waals surface area contributed by atoms with E-state index in [0.717, 1.165) is 5.56 Å². The second kappa shape index (κ2) is 8.91. The van der Waals surface area contributed by atoms with E-state index in [1.165, 1.54) is 29.1 Å². The Hall–Kier alpha value is -2.92. The standard InChI is InChI=1S/C23H19IN2O5S/c1-3-15-19(22(30)31-2)20(12-7-5-4-6-8-12)26-21(29)18(32-23(26)25-15)10-13-9-14(24)17(28)11-16(13)27/h4-11,20,27-28H,3H2,1-2H3/b18-10-/t20-/m0/s1. The first-order chi connectivity index (χ1) is 15.3. The van der Waals surface area contributed by atoms with E-state index >= 15 is 0 Å². The third kappa shape index (κ3) is 3.86. The average molecular weight is 562 g/mol. The number of hydrogen-bond acceptors (Lipinski definition) is 7. The quantitative estimate of drug-likeness (QED) is 0.377. The van der Waals surface area contributed by atoms with Crippen molar-refractivity contribution in [1.29, 1.82) is 0 Å². The molecule has 164 valence electrons. The van der Waals surface area contributed by atoms with Gasteiger partial charge in [-0.15, -0.1) is 0 Å². The third-order valence-corrected chi connectivity index (χ3v) is 7.00. The van der Waals surface area contributed by atoms with E-state index in [1.807, 2.05) is 59.8 Å². The van der Waals surface area contributed by atoms with E-state index in [9.17, 15) is 19.8 Å². The molecular weight excluding hydrogens is 543 g/mol. The number of benzene rings is 2. The highest BCUT2D eigenvalue weighted by molar-refractivity contribution is 14.1. The van der Waals surface area contributed by atoms with Gasteiger partial charge >= 0.3 is 5.97 Å². The van der Waals surface area contributed by atoms with Crippen molar-refractivity contribution in [3.63, 3.8) is 0 Å². The molecule has 4 rings (SSSR count). The van der Waals surface area contributed by atoms with Gasteiger partial charge in [-0.25, -0.2) is 9.79 Å². The van der Waals surface area contributed by atoms with Crippen LogP contribution in [0.5, 0.6) is 11.5 Å². The molecule has 7 nitrogen and oxygen atoms in total. The molecule has 0 spiro atoms. The summed E-state index contributed by atoms with van der Waals surface area (Å²) in [6.45, 7) is 1.90. The van der Waals surface area contributed by atoms with Gasteiger partial charge in [0.2, 0.25) is 0 Å². The van der Waals surface area contributed by atoms with Gasteiger partial charge in [-0.2, -0.15) is 0 Å². The molecule has 2 heterocycles. The summed E-state index contributed by atoms with van der Waals surface area (Å²) < 4.78 is 7.43. The van der Waals surface area contributed by atoms with Gasteiger partial charge in [0.1, 0.15) is 11.5 Å². The smallest absolute Gasteiger partial charge is 0.338 e. The van der Waals surface area contributed by atoms with Gasteiger partial charge in [-0.3, -0.25) is 9.36 Å². The number of aromatic nitrogens is 1. The fraction of sp³-hybridized carbons (Fsp3) is 0.174. The maximum atomic E-state index is 13.5. The van der Waals surface area contributed by atoms with Gasteiger partial charge in [0.15, 0.2) is 4.80 Å². The molecule has 2 aromatic carbocycles. The van der Waals surface area contributed by atoms with Crippen molar-refractivity contribution in [1.82, 2.24) is 4.57 Å². The lowest BCUT2D eigenvalue weighted by atomic mass is 9.95. The second-order valence-electron chi connectivity index (χ2n) is 7.06. The SMILES string of the molecule is CCC1=C(C(=O)OC)[C@H](c2ccccc2)n2c(s/c(=C\c3cc(I)c(O)cc3O)c2=O)=N1. The van der Waals surface area contributed by atoms with Crippen LogP contribution >= 0.6 is 33.9 Å². The number of thiazole rings is 1. The Balaban J connectivity index is 2.01. The van der Waals surface area contributed by atoms with Crippen LogP contribution in [0.1, 0.15) is 30.5 Å². The molecule has 0 saturated carbocycles. The van der Waals surface area contributed by atoms with Crippen molar-refractivity contribution in [3.8, 4) is 11.5 Å². The Morgan fingerprint density at radius 3 is 2.62 bits per heavy atom. The van der Waals surface area contributed by atoms with Crippen molar-refractivity contribution >= 4 is 46.0 Å². The molecule has 0 bridgehead atoms. The van der Waals surface area contributed by atoms with Gasteiger partial charge in [0, 0.05) is 11.6 Å². The zero-order chi connectivity index (χ0) is 23.0. The second-order valence-corrected chi connectivity index (χ2v) is 9.23. The average Bonchev–Trinajstić information content (AvgIpc) is 3.11. The number of phenolic OH excluding ortho intramolecular Hbond substituents is 2. The predicted molar refractivity (Wildman–Crippen MR) is 129 cm³/mol. The van der Waals surface area contributed by atoms with Crippen LogP contribution in [0, 0.1) is 3.57 Å². The summed E-state index contributed by atoms with van der Waals surface area (Å²) in [6, 6.07) is 11.4. The number of methoxy groups -OCH3 is 1. The van der Waals surface area contributed by atoms with Crippen LogP contribution in [0.15, 0.2) is 63.5 Å². The largest absolute Gasteiger partial charge is 0.507 e. The number of fused-ring (bicyclic) bond motifs is 1. The topological polar surface area (TPSA) is 101 Å². The van der Waals surface area contributed by atoms with E-state index in [-0.39, 0.29) is 17.1 Å². The lowest BCUT2D eigenvalue weighted by Crippen LogP contribution is -2.40. The van der Waals surface area contributed by atoms with Crippen LogP contribution in [-0.2, 0) is 9.53 Å². The predicted octanol–water partition coefficient (Wildman–Crippen LogP) is 2.81. The zero-order valence-corrected chi connectivity index (χ0v) is 20.2. The Kier molecular flexibility index (Phi) is 6.20. The van der Waals surface area contributed by atoms with Crippen molar-refractivity contribution < 1.29 is 19.7 Å². The van der Waals surface area contributed by atoms with Crippen molar-refractivity contribution in [2.75, 3.05) is 7.11 Å². The molecule has 0 radical (unpaired) electrons. The van der Waals surface area contributed by atoms with Gasteiger partial charge in [-0.05, 0) is 46.7 Å². The van der Waals surface area contributed by atoms with Crippen LogP contribution in [0.2, 0.25) is 0 Å². The molecule has 1 atom stereocenters. The fourth-order valence-electron chi connectivity index (χ4n) is 3.64. The number of carbonyl (C=O) groups is 1. The van der Waals surface area contributed by atoms with E-state index in [4.69, 9.17) is 4.74 Å². The van der Waals surface area contributed by atoms with Crippen molar-refractivity contribution in [3.05, 3.63) is 88.1 Å². The lowest BCUT2D eigenvalue weighted by molar-refractivity contribution is -0.136. The molecule has 0 saturated heterocycles. The Labute approximate surface area is 200 Å². The molecule has 3 aromatic rings. The summed E-state index contributed by atoms with van der Waals surface area (Å²) in [4.78, 5) is 31.3. The lowest BCUT2D eigenvalue weighted by Gasteiger charge is -2.25. The number of ether oxygens (including phenoxy) is 1. The number of aromatic hydroxyl groups is 2. The molecule has 0 unspecified atom stereocenters. The van der Waals surface area contributed by atoms with E-state index in [1.54, 1.807) is 12.1 Å². The first-order valence-electron chi connectivity index (χ1n) is 9.75. The van der Waals surface area contributed by atoms with Gasteiger partial charge in [0.25, 0.3) is 5.56 Å². The summed E-state index contributed by atoms with van der Waals surface area (Å²) in [5.41, 5.74) is 1.74. The maximum Gasteiger partial charge on any atom is 0.338 e. The highest BCUT2D eigenvalue weighted by Crippen LogP contribution is 2.32. The molecule has 2 N–H and O–H groups in total. The van der Waals surface area contributed by atoms with Gasteiger partial charge in [0.05, 0.1) is 32.5 Å². The number of phenols is 2. The van der Waals surface area contributed by atoms with E-state index < -0.39 is 12.0 Å². The van der Waals surface area contributed by atoms with E-state index in [0.29, 0.717) is 36.2 Å². The summed E-state index contributed by atoms with van der Waals surface area (Å²) in [6.07, 6.45) is 2.06. The van der Waals surface area contributed by atoms with Crippen LogP contribution in [0.25, 0.3) is 6.08 Å². The highest BCUT2D eigenvalue weighted by Gasteiger charge is 2.33. The first kappa shape index (κ1) is 22.3. The first-order valence-corrected chi connectivity index (χ1v) is 11.6. The molecule has 0 aliphatic carbocycles. The monoisotopic (exact) mass is 562 g/mol. The van der Waals surface area contributed by atoms with E-state index in [2.05, 4.69) is 4.99 Å². The Bertz CT molecular complexity index is 1420. The van der Waals surface area contributed by atoms with Crippen molar-refractivity contribution in [2.45, 2.75) is 19.4 Å². The molecule has 0 amide bonds. The molecule has 0 fully saturated rings. The summed E-state index contributed by atoms with van der Waals surface area (Å²) >= 11 is 3.13. The third-order valence-electron chi connectivity index (χ3n) is 5.15. The Morgan fingerprint density at radius 1 is 1.25 bits per heavy atom. The summed E-state index contributed by atoms with van der Waals surface area (Å²) in [7, 11) is 1.31. The highest BCUT2D eigenvalue weighted by atomic mass is 127. The van der Waals surface area contributed by atoms with Gasteiger partial charge in [-0.1, -0.05) is 48.6 Å². The molecule has 9 heteroatoms. The number of carbonyl (C=O) groups excluding carboxylic acids is 1. The maximum absolute atomic E-state index is 13.5. The molecule has 1 aliphatic heterocycles. The van der Waals surface area contributed by atoms with Gasteiger partial charge < -0.3 is 14.9 Å². The minimum absolute atomic E-state index is 0.0407. The molecule has 1 aromatic heterocycles. The molecule has 32 heavy (non-hydrogen) atoms. The number of allylic oxidation sites excluding steroid dienone is 1. The summed E-state index contributed by atoms with van der Waals surface area (Å²) in [5.74, 6) is -0.710. The van der Waals surface area contributed by atoms with Crippen LogP contribution in [-0.4, -0.2) is 27.9 Å². The summed E-state index contributed by atoms with van der Waals surface area (Å²) in [5, 5.41) is 20.0. The van der Waals surface area contributed by atoms with Crippen LogP contribution in [0.4, 0.5) is 0 Å². The molecular formula is C23H19IN2O5S. The number of nitrogens with zero attached hydrogens (tertiary/aromatic N) is 2. The Morgan fingerprint density at radius 2 is 1.97 bits per heavy atom. The minimum atomic E-state index is -0.675. The fourth-order valence-corrected chi connectivity index (χ4v) is 5.14. The minimum Gasteiger partial charge on any atom is -0.507 e. The number of esters is 1. The number of rotatable bonds is 4. The number of hydrogen-bond donors (Lipinski definition) is 2. The normalized spacial score (nSPS) is 16.0. The van der Waals surface area contributed by atoms with Crippen molar-refractivity contribution in [2.24, 2.45) is 4.99 Å². The molecule has 1 aliphatic rings. The van der Waals surface area contributed by atoms with Crippen LogP contribution in [0.3, 0.4) is 0 Å². The number of halogens is 1. The van der Waals surface area contributed by atoms with Crippen LogP contribution < -0.4 is 14.9 Å².